The van der Waals surface area contributed by atoms with Crippen molar-refractivity contribution in [2.75, 3.05) is 6.54 Å². The normalized spacial score (nSPS) is 11.4. The molecule has 1 unspecified atom stereocenters. The van der Waals surface area contributed by atoms with Crippen LogP contribution >= 0.6 is 0 Å². The van der Waals surface area contributed by atoms with Crippen LogP contribution in [0.25, 0.3) is 0 Å². The lowest BCUT2D eigenvalue weighted by Crippen LogP contribution is -2.30. The summed E-state index contributed by atoms with van der Waals surface area (Å²) in [5.41, 5.74) is 1.14. The predicted octanol–water partition coefficient (Wildman–Crippen LogP) is 1.10. The van der Waals surface area contributed by atoms with E-state index < -0.39 is 5.97 Å². The third-order valence-corrected chi connectivity index (χ3v) is 2.57. The number of carboxylic acid groups (broad SMARTS) is 1. The molecule has 0 spiro atoms. The van der Waals surface area contributed by atoms with Crippen molar-refractivity contribution >= 4 is 11.9 Å². The SMILES string of the molecule is Cc1nc(C(=O)NCC(C)CC(=O)O)ccc1C#N. The Kier molecular flexibility index (Phi) is 5.01. The second-order valence-electron chi connectivity index (χ2n) is 4.35. The van der Waals surface area contributed by atoms with Crippen molar-refractivity contribution in [1.29, 1.82) is 5.26 Å². The third-order valence-electron chi connectivity index (χ3n) is 2.57. The van der Waals surface area contributed by atoms with Crippen LogP contribution in [0.1, 0.15) is 35.1 Å². The number of nitrogens with one attached hydrogen (secondary N) is 1. The lowest BCUT2D eigenvalue weighted by Gasteiger charge is -2.10. The fourth-order valence-electron chi connectivity index (χ4n) is 1.53. The van der Waals surface area contributed by atoms with Gasteiger partial charge in [-0.25, -0.2) is 4.98 Å². The summed E-state index contributed by atoms with van der Waals surface area (Å²) < 4.78 is 0. The Morgan fingerprint density at radius 2 is 2.21 bits per heavy atom. The van der Waals surface area contributed by atoms with E-state index in [1.165, 1.54) is 12.1 Å². The molecule has 0 radical (unpaired) electrons. The highest BCUT2D eigenvalue weighted by Gasteiger charge is 2.12. The van der Waals surface area contributed by atoms with Crippen LogP contribution in [0.2, 0.25) is 0 Å². The van der Waals surface area contributed by atoms with E-state index >= 15 is 0 Å². The maximum absolute atomic E-state index is 11.8. The van der Waals surface area contributed by atoms with Crippen LogP contribution in [0.3, 0.4) is 0 Å². The summed E-state index contributed by atoms with van der Waals surface area (Å²) in [4.78, 5) is 26.3. The number of carbonyl (C=O) groups is 2. The Bertz CT molecular complexity index is 534. The molecule has 6 heteroatoms. The van der Waals surface area contributed by atoms with Crippen molar-refractivity contribution in [2.45, 2.75) is 20.3 Å². The molecule has 0 aliphatic carbocycles. The van der Waals surface area contributed by atoms with E-state index in [1.54, 1.807) is 13.8 Å². The molecule has 0 bridgehead atoms. The van der Waals surface area contributed by atoms with Gasteiger partial charge in [0.05, 0.1) is 11.3 Å². The molecule has 0 fully saturated rings. The molecule has 1 aromatic heterocycles. The van der Waals surface area contributed by atoms with Crippen LogP contribution in [0.15, 0.2) is 12.1 Å². The molecule has 2 N–H and O–H groups in total. The summed E-state index contributed by atoms with van der Waals surface area (Å²) in [6.45, 7) is 3.67. The monoisotopic (exact) mass is 261 g/mol. The summed E-state index contributed by atoms with van der Waals surface area (Å²) in [7, 11) is 0. The van der Waals surface area contributed by atoms with Crippen LogP contribution in [0, 0.1) is 24.2 Å². The smallest absolute Gasteiger partial charge is 0.303 e. The van der Waals surface area contributed by atoms with Crippen LogP contribution < -0.4 is 5.32 Å². The predicted molar refractivity (Wildman–Crippen MR) is 67.4 cm³/mol. The second kappa shape index (κ2) is 6.50. The molecule has 0 aliphatic rings. The second-order valence-corrected chi connectivity index (χ2v) is 4.35. The first-order valence-electron chi connectivity index (χ1n) is 5.81. The van der Waals surface area contributed by atoms with E-state index in [2.05, 4.69) is 10.3 Å². The fraction of sp³-hybridized carbons (Fsp3) is 0.385. The number of pyridine rings is 1. The summed E-state index contributed by atoms with van der Waals surface area (Å²) in [6, 6.07) is 4.99. The van der Waals surface area contributed by atoms with Gasteiger partial charge in [0.25, 0.3) is 5.91 Å². The number of carboxylic acids is 1. The molecule has 0 aliphatic heterocycles. The summed E-state index contributed by atoms with van der Waals surface area (Å²) in [6.07, 6.45) is 0.000106. The first-order valence-corrected chi connectivity index (χ1v) is 5.81. The van der Waals surface area contributed by atoms with Crippen molar-refractivity contribution < 1.29 is 14.7 Å². The molecule has 100 valence electrons. The zero-order valence-electron chi connectivity index (χ0n) is 10.8. The Hall–Kier alpha value is -2.42. The number of nitriles is 1. The molecular formula is C13H15N3O3. The van der Waals surface area contributed by atoms with Crippen molar-refractivity contribution in [3.05, 3.63) is 29.1 Å². The van der Waals surface area contributed by atoms with Crippen molar-refractivity contribution in [2.24, 2.45) is 5.92 Å². The maximum Gasteiger partial charge on any atom is 0.303 e. The van der Waals surface area contributed by atoms with Gasteiger partial charge in [0, 0.05) is 13.0 Å². The Morgan fingerprint density at radius 1 is 1.53 bits per heavy atom. The minimum atomic E-state index is -0.894. The van der Waals surface area contributed by atoms with Crippen LogP contribution in [-0.2, 0) is 4.79 Å². The molecule has 1 aromatic rings. The number of aliphatic carboxylic acids is 1. The van der Waals surface area contributed by atoms with Gasteiger partial charge in [-0.2, -0.15) is 5.26 Å². The number of rotatable bonds is 5. The van der Waals surface area contributed by atoms with Crippen LogP contribution in [-0.4, -0.2) is 28.5 Å². The van der Waals surface area contributed by atoms with Gasteiger partial charge in [0.1, 0.15) is 11.8 Å². The number of nitrogens with zero attached hydrogens (tertiary/aromatic N) is 2. The number of aromatic nitrogens is 1. The minimum Gasteiger partial charge on any atom is -0.481 e. The molecule has 1 atom stereocenters. The lowest BCUT2D eigenvalue weighted by molar-refractivity contribution is -0.137. The molecule has 1 heterocycles. The highest BCUT2D eigenvalue weighted by Crippen LogP contribution is 2.06. The highest BCUT2D eigenvalue weighted by atomic mass is 16.4. The number of carbonyl (C=O) groups excluding carboxylic acids is 1. The Morgan fingerprint density at radius 3 is 2.74 bits per heavy atom. The van der Waals surface area contributed by atoms with E-state index in [1.807, 2.05) is 6.07 Å². The molecule has 1 amide bonds. The quantitative estimate of drug-likeness (QED) is 0.826. The number of hydrogen-bond acceptors (Lipinski definition) is 4. The molecule has 0 aromatic carbocycles. The number of hydrogen-bond donors (Lipinski definition) is 2. The molecular weight excluding hydrogens is 246 g/mol. The van der Waals surface area contributed by atoms with Gasteiger partial charge in [0.2, 0.25) is 0 Å². The first kappa shape index (κ1) is 14.6. The largest absolute Gasteiger partial charge is 0.481 e. The topological polar surface area (TPSA) is 103 Å². The fourth-order valence-corrected chi connectivity index (χ4v) is 1.53. The van der Waals surface area contributed by atoms with Crippen molar-refractivity contribution in [3.63, 3.8) is 0 Å². The summed E-state index contributed by atoms with van der Waals surface area (Å²) >= 11 is 0. The van der Waals surface area contributed by atoms with E-state index in [-0.39, 0.29) is 30.5 Å². The average molecular weight is 261 g/mol. The van der Waals surface area contributed by atoms with Crippen LogP contribution in [0.4, 0.5) is 0 Å². The van der Waals surface area contributed by atoms with E-state index in [4.69, 9.17) is 10.4 Å². The van der Waals surface area contributed by atoms with Gasteiger partial charge < -0.3 is 10.4 Å². The third kappa shape index (κ3) is 4.39. The van der Waals surface area contributed by atoms with Gasteiger partial charge >= 0.3 is 5.97 Å². The zero-order chi connectivity index (χ0) is 14.4. The summed E-state index contributed by atoms with van der Waals surface area (Å²) in [5.74, 6) is -1.42. The lowest BCUT2D eigenvalue weighted by atomic mass is 10.1. The zero-order valence-corrected chi connectivity index (χ0v) is 10.8. The molecule has 6 nitrogen and oxygen atoms in total. The maximum atomic E-state index is 11.8. The van der Waals surface area contributed by atoms with Crippen LogP contribution in [0.5, 0.6) is 0 Å². The van der Waals surface area contributed by atoms with E-state index in [9.17, 15) is 9.59 Å². The van der Waals surface area contributed by atoms with E-state index in [0.717, 1.165) is 0 Å². The Balaban J connectivity index is 2.62. The Labute approximate surface area is 111 Å². The number of amides is 1. The summed E-state index contributed by atoms with van der Waals surface area (Å²) in [5, 5.41) is 20.0. The standard InChI is InChI=1S/C13H15N3O3/c1-8(5-12(17)18)7-15-13(19)11-4-3-10(6-14)9(2)16-11/h3-4,8H,5,7H2,1-2H3,(H,15,19)(H,17,18). The highest BCUT2D eigenvalue weighted by molar-refractivity contribution is 5.92. The van der Waals surface area contributed by atoms with Crippen molar-refractivity contribution in [1.82, 2.24) is 10.3 Å². The molecule has 0 saturated heterocycles. The van der Waals surface area contributed by atoms with E-state index in [0.29, 0.717) is 11.3 Å². The molecule has 19 heavy (non-hydrogen) atoms. The molecule has 1 rings (SSSR count). The van der Waals surface area contributed by atoms with Gasteiger partial charge in [-0.05, 0) is 25.0 Å². The average Bonchev–Trinajstić information content (AvgIpc) is 2.35. The number of aryl methyl sites for hydroxylation is 1. The molecule has 0 saturated carbocycles. The van der Waals surface area contributed by atoms with Crippen molar-refractivity contribution in [3.8, 4) is 6.07 Å². The minimum absolute atomic E-state index is 0.000106. The van der Waals surface area contributed by atoms with Gasteiger partial charge in [-0.1, -0.05) is 6.92 Å². The first-order chi connectivity index (χ1) is 8.93. The van der Waals surface area contributed by atoms with Gasteiger partial charge in [-0.15, -0.1) is 0 Å². The van der Waals surface area contributed by atoms with Gasteiger partial charge in [-0.3, -0.25) is 9.59 Å². The van der Waals surface area contributed by atoms with Gasteiger partial charge in [0.15, 0.2) is 0 Å².